The van der Waals surface area contributed by atoms with Gasteiger partial charge in [-0.05, 0) is 29.8 Å². The first-order valence-corrected chi connectivity index (χ1v) is 6.81. The highest BCUT2D eigenvalue weighted by molar-refractivity contribution is 5.95. The SMILES string of the molecule is NC(=O)[C@H](Cc1ccc(C(=O)O)cc1)NC(=O)c1ccccn1. The molecule has 1 atom stereocenters. The van der Waals surface area contributed by atoms with Crippen molar-refractivity contribution in [3.8, 4) is 0 Å². The van der Waals surface area contributed by atoms with E-state index in [1.165, 1.54) is 24.4 Å². The van der Waals surface area contributed by atoms with Gasteiger partial charge in [-0.15, -0.1) is 0 Å². The van der Waals surface area contributed by atoms with E-state index >= 15 is 0 Å². The lowest BCUT2D eigenvalue weighted by molar-refractivity contribution is -0.119. The number of carbonyl (C=O) groups excluding carboxylic acids is 2. The summed E-state index contributed by atoms with van der Waals surface area (Å²) in [6.45, 7) is 0. The Morgan fingerprint density at radius 2 is 1.83 bits per heavy atom. The maximum atomic E-state index is 12.0. The van der Waals surface area contributed by atoms with E-state index in [4.69, 9.17) is 10.8 Å². The van der Waals surface area contributed by atoms with Gasteiger partial charge in [-0.25, -0.2) is 4.79 Å². The van der Waals surface area contributed by atoms with Crippen molar-refractivity contribution in [3.63, 3.8) is 0 Å². The lowest BCUT2D eigenvalue weighted by Crippen LogP contribution is -2.46. The highest BCUT2D eigenvalue weighted by Crippen LogP contribution is 2.08. The summed E-state index contributed by atoms with van der Waals surface area (Å²) in [7, 11) is 0. The highest BCUT2D eigenvalue weighted by atomic mass is 16.4. The number of aromatic carboxylic acids is 1. The normalized spacial score (nSPS) is 11.5. The van der Waals surface area contributed by atoms with Crippen LogP contribution in [0.15, 0.2) is 48.7 Å². The molecule has 0 saturated carbocycles. The van der Waals surface area contributed by atoms with Gasteiger partial charge >= 0.3 is 5.97 Å². The monoisotopic (exact) mass is 313 g/mol. The molecule has 7 heteroatoms. The number of carboxylic acid groups (broad SMARTS) is 1. The van der Waals surface area contributed by atoms with Gasteiger partial charge in [-0.3, -0.25) is 14.6 Å². The average Bonchev–Trinajstić information content (AvgIpc) is 2.55. The van der Waals surface area contributed by atoms with Crippen molar-refractivity contribution in [1.29, 1.82) is 0 Å². The Morgan fingerprint density at radius 3 is 2.35 bits per heavy atom. The number of hydrogen-bond donors (Lipinski definition) is 3. The number of rotatable bonds is 6. The van der Waals surface area contributed by atoms with Crippen molar-refractivity contribution >= 4 is 17.8 Å². The highest BCUT2D eigenvalue weighted by Gasteiger charge is 2.20. The first-order chi connectivity index (χ1) is 11.0. The summed E-state index contributed by atoms with van der Waals surface area (Å²) in [4.78, 5) is 38.3. The van der Waals surface area contributed by atoms with E-state index in [0.717, 1.165) is 0 Å². The van der Waals surface area contributed by atoms with E-state index in [9.17, 15) is 14.4 Å². The Morgan fingerprint density at radius 1 is 1.13 bits per heavy atom. The number of carboxylic acids is 1. The second-order valence-electron chi connectivity index (χ2n) is 4.85. The van der Waals surface area contributed by atoms with Crippen LogP contribution in [-0.4, -0.2) is 33.9 Å². The minimum atomic E-state index is -1.04. The van der Waals surface area contributed by atoms with Gasteiger partial charge in [0.05, 0.1) is 5.56 Å². The fourth-order valence-corrected chi connectivity index (χ4v) is 1.97. The maximum Gasteiger partial charge on any atom is 0.335 e. The summed E-state index contributed by atoms with van der Waals surface area (Å²) < 4.78 is 0. The van der Waals surface area contributed by atoms with Crippen LogP contribution in [0.5, 0.6) is 0 Å². The molecule has 0 fully saturated rings. The van der Waals surface area contributed by atoms with Crippen molar-refractivity contribution in [2.24, 2.45) is 5.73 Å². The summed E-state index contributed by atoms with van der Waals surface area (Å²) in [6.07, 6.45) is 1.63. The summed E-state index contributed by atoms with van der Waals surface area (Å²) in [5.41, 5.74) is 6.32. The van der Waals surface area contributed by atoms with Crippen LogP contribution in [0.25, 0.3) is 0 Å². The molecular weight excluding hydrogens is 298 g/mol. The molecule has 1 aromatic heterocycles. The van der Waals surface area contributed by atoms with Crippen LogP contribution in [0.2, 0.25) is 0 Å². The van der Waals surface area contributed by atoms with Gasteiger partial charge in [0.2, 0.25) is 5.91 Å². The lowest BCUT2D eigenvalue weighted by Gasteiger charge is -2.15. The molecule has 4 N–H and O–H groups in total. The zero-order valence-corrected chi connectivity index (χ0v) is 12.1. The topological polar surface area (TPSA) is 122 Å². The number of carbonyl (C=O) groups is 3. The average molecular weight is 313 g/mol. The fourth-order valence-electron chi connectivity index (χ4n) is 1.97. The summed E-state index contributed by atoms with van der Waals surface area (Å²) in [6, 6.07) is 9.94. The van der Waals surface area contributed by atoms with E-state index in [-0.39, 0.29) is 17.7 Å². The van der Waals surface area contributed by atoms with Gasteiger partial charge in [0.25, 0.3) is 5.91 Å². The lowest BCUT2D eigenvalue weighted by atomic mass is 10.0. The Labute approximate surface area is 132 Å². The molecule has 7 nitrogen and oxygen atoms in total. The third-order valence-electron chi connectivity index (χ3n) is 3.19. The van der Waals surface area contributed by atoms with Gasteiger partial charge in [0.1, 0.15) is 11.7 Å². The zero-order valence-electron chi connectivity index (χ0n) is 12.1. The number of primary amides is 1. The maximum absolute atomic E-state index is 12.0. The number of aromatic nitrogens is 1. The van der Waals surface area contributed by atoms with Gasteiger partial charge in [-0.1, -0.05) is 18.2 Å². The minimum Gasteiger partial charge on any atom is -0.478 e. The van der Waals surface area contributed by atoms with Gasteiger partial charge in [0.15, 0.2) is 0 Å². The molecule has 0 unspecified atom stereocenters. The first kappa shape index (κ1) is 16.2. The van der Waals surface area contributed by atoms with E-state index in [2.05, 4.69) is 10.3 Å². The number of pyridine rings is 1. The Hall–Kier alpha value is -3.22. The minimum absolute atomic E-state index is 0.141. The first-order valence-electron chi connectivity index (χ1n) is 6.81. The third kappa shape index (κ3) is 4.37. The molecule has 23 heavy (non-hydrogen) atoms. The van der Waals surface area contributed by atoms with Crippen molar-refractivity contribution < 1.29 is 19.5 Å². The summed E-state index contributed by atoms with van der Waals surface area (Å²) >= 11 is 0. The number of amides is 2. The van der Waals surface area contributed by atoms with Crippen LogP contribution in [0.1, 0.15) is 26.4 Å². The molecule has 118 valence electrons. The molecule has 2 amide bonds. The molecule has 2 aromatic rings. The van der Waals surface area contributed by atoms with Gasteiger partial charge in [0, 0.05) is 12.6 Å². The van der Waals surface area contributed by atoms with Crippen molar-refractivity contribution in [2.45, 2.75) is 12.5 Å². The van der Waals surface area contributed by atoms with Crippen LogP contribution in [-0.2, 0) is 11.2 Å². The molecule has 0 aliphatic heterocycles. The predicted molar refractivity (Wildman–Crippen MR) is 81.8 cm³/mol. The van der Waals surface area contributed by atoms with E-state index < -0.39 is 23.8 Å². The van der Waals surface area contributed by atoms with E-state index in [0.29, 0.717) is 5.56 Å². The molecule has 1 aromatic carbocycles. The molecule has 0 spiro atoms. The van der Waals surface area contributed by atoms with Crippen molar-refractivity contribution in [2.75, 3.05) is 0 Å². The molecule has 0 aliphatic rings. The fraction of sp³-hybridized carbons (Fsp3) is 0.125. The van der Waals surface area contributed by atoms with Crippen molar-refractivity contribution in [1.82, 2.24) is 10.3 Å². The molecule has 0 bridgehead atoms. The largest absolute Gasteiger partial charge is 0.478 e. The Balaban J connectivity index is 2.08. The molecular formula is C16H15N3O4. The van der Waals surface area contributed by atoms with Crippen LogP contribution < -0.4 is 11.1 Å². The van der Waals surface area contributed by atoms with Crippen LogP contribution in [0.3, 0.4) is 0 Å². The second-order valence-corrected chi connectivity index (χ2v) is 4.85. The van der Waals surface area contributed by atoms with Gasteiger partial charge in [-0.2, -0.15) is 0 Å². The molecule has 0 radical (unpaired) electrons. The number of nitrogens with two attached hydrogens (primary N) is 1. The molecule has 1 heterocycles. The number of nitrogens with zero attached hydrogens (tertiary/aromatic N) is 1. The quantitative estimate of drug-likeness (QED) is 0.721. The Bertz CT molecular complexity index is 714. The Kier molecular flexibility index (Phi) is 5.03. The van der Waals surface area contributed by atoms with Gasteiger partial charge < -0.3 is 16.2 Å². The molecule has 0 saturated heterocycles. The van der Waals surface area contributed by atoms with Crippen LogP contribution in [0.4, 0.5) is 0 Å². The van der Waals surface area contributed by atoms with Crippen molar-refractivity contribution in [3.05, 3.63) is 65.5 Å². The number of benzene rings is 1. The van der Waals surface area contributed by atoms with E-state index in [1.807, 2.05) is 0 Å². The molecule has 0 aliphatic carbocycles. The third-order valence-corrected chi connectivity index (χ3v) is 3.19. The summed E-state index contributed by atoms with van der Waals surface area (Å²) in [5, 5.41) is 11.4. The van der Waals surface area contributed by atoms with Crippen LogP contribution >= 0.6 is 0 Å². The predicted octanol–water partition coefficient (Wildman–Crippen LogP) is 0.606. The smallest absolute Gasteiger partial charge is 0.335 e. The second kappa shape index (κ2) is 7.17. The number of nitrogens with one attached hydrogen (secondary N) is 1. The van der Waals surface area contributed by atoms with Crippen LogP contribution in [0, 0.1) is 0 Å². The standard InChI is InChI=1S/C16H15N3O4/c17-14(20)13(19-15(21)12-3-1-2-8-18-12)9-10-4-6-11(7-5-10)16(22)23/h1-8,13H,9H2,(H2,17,20)(H,19,21)(H,22,23)/t13-/m0/s1. The zero-order chi connectivity index (χ0) is 16.8. The molecule has 2 rings (SSSR count). The van der Waals surface area contributed by atoms with E-state index in [1.54, 1.807) is 24.3 Å². The number of hydrogen-bond acceptors (Lipinski definition) is 4. The summed E-state index contributed by atoms with van der Waals surface area (Å²) in [5.74, 6) is -2.22.